The minimum atomic E-state index is 0.185. The van der Waals surface area contributed by atoms with Crippen molar-refractivity contribution < 1.29 is 4.79 Å². The molecule has 0 aromatic heterocycles. The second kappa shape index (κ2) is 3.81. The average molecular weight is 156 g/mol. The molecule has 1 heterocycles. The van der Waals surface area contributed by atoms with Crippen LogP contribution in [0.25, 0.3) is 0 Å². The second-order valence-corrected chi connectivity index (χ2v) is 3.66. The molecule has 1 rings (SSSR count). The molecule has 0 aromatic carbocycles. The topological polar surface area (TPSA) is 17.1 Å². The fraction of sp³-hybridized carbons (Fsp3) is 0.625. The molecule has 0 aliphatic carbocycles. The molecular formula is C8H12OS. The smallest absolute Gasteiger partial charge is 0.127 e. The highest BCUT2D eigenvalue weighted by molar-refractivity contribution is 8.03. The van der Waals surface area contributed by atoms with Crippen molar-refractivity contribution in [2.24, 2.45) is 5.92 Å². The van der Waals surface area contributed by atoms with Crippen LogP contribution in [0.2, 0.25) is 0 Å². The Balaban J connectivity index is 2.39. The fourth-order valence-corrected chi connectivity index (χ4v) is 2.31. The lowest BCUT2D eigenvalue weighted by atomic mass is 10.0. The zero-order chi connectivity index (χ0) is 7.40. The summed E-state index contributed by atoms with van der Waals surface area (Å²) in [6, 6.07) is 0. The Morgan fingerprint density at radius 3 is 3.10 bits per heavy atom. The first-order valence-electron chi connectivity index (χ1n) is 3.66. The first kappa shape index (κ1) is 7.86. The summed E-state index contributed by atoms with van der Waals surface area (Å²) >= 11 is 1.79. The molecule has 0 fully saturated rings. The van der Waals surface area contributed by atoms with Gasteiger partial charge in [-0.05, 0) is 11.8 Å². The van der Waals surface area contributed by atoms with Crippen LogP contribution in [0.15, 0.2) is 11.5 Å². The Kier molecular flexibility index (Phi) is 3.00. The Morgan fingerprint density at radius 2 is 2.50 bits per heavy atom. The van der Waals surface area contributed by atoms with Crippen LogP contribution in [-0.4, -0.2) is 11.5 Å². The molecule has 0 amide bonds. The van der Waals surface area contributed by atoms with Crippen LogP contribution < -0.4 is 0 Å². The van der Waals surface area contributed by atoms with Gasteiger partial charge in [-0.25, -0.2) is 0 Å². The molecule has 1 aliphatic rings. The van der Waals surface area contributed by atoms with E-state index in [0.717, 1.165) is 12.7 Å². The normalized spacial score (nSPS) is 30.9. The lowest BCUT2D eigenvalue weighted by Gasteiger charge is -2.10. The van der Waals surface area contributed by atoms with E-state index >= 15 is 0 Å². The summed E-state index contributed by atoms with van der Waals surface area (Å²) < 4.78 is 0. The molecule has 2 heteroatoms. The van der Waals surface area contributed by atoms with E-state index in [1.54, 1.807) is 11.8 Å². The average Bonchev–Trinajstić information content (AvgIpc) is 2.36. The molecule has 0 spiro atoms. The molecule has 56 valence electrons. The van der Waals surface area contributed by atoms with Gasteiger partial charge in [-0.1, -0.05) is 19.4 Å². The SMILES string of the molecule is CCCC1SC=CC1C=O. The van der Waals surface area contributed by atoms with Gasteiger partial charge >= 0.3 is 0 Å². The summed E-state index contributed by atoms with van der Waals surface area (Å²) in [6.45, 7) is 2.15. The van der Waals surface area contributed by atoms with Crippen molar-refractivity contribution in [3.05, 3.63) is 11.5 Å². The number of carbonyl (C=O) groups is 1. The van der Waals surface area contributed by atoms with Gasteiger partial charge in [0, 0.05) is 11.2 Å². The van der Waals surface area contributed by atoms with Gasteiger partial charge in [0.15, 0.2) is 0 Å². The predicted octanol–water partition coefficient (Wildman–Crippen LogP) is 2.23. The van der Waals surface area contributed by atoms with Gasteiger partial charge in [0.25, 0.3) is 0 Å². The third-order valence-electron chi connectivity index (χ3n) is 1.71. The Bertz CT molecular complexity index is 142. The lowest BCUT2D eigenvalue weighted by Crippen LogP contribution is -2.11. The van der Waals surface area contributed by atoms with Crippen LogP contribution in [0.1, 0.15) is 19.8 Å². The van der Waals surface area contributed by atoms with Gasteiger partial charge in [0.05, 0.1) is 0 Å². The summed E-state index contributed by atoms with van der Waals surface area (Å²) in [6.07, 6.45) is 5.37. The van der Waals surface area contributed by atoms with E-state index in [-0.39, 0.29) is 5.92 Å². The molecule has 0 saturated heterocycles. The van der Waals surface area contributed by atoms with Crippen LogP contribution in [-0.2, 0) is 4.79 Å². The summed E-state index contributed by atoms with van der Waals surface area (Å²) in [5, 5.41) is 2.57. The molecular weight excluding hydrogens is 144 g/mol. The number of aldehydes is 1. The van der Waals surface area contributed by atoms with Gasteiger partial charge in [-0.3, -0.25) is 0 Å². The maximum absolute atomic E-state index is 10.4. The quantitative estimate of drug-likeness (QED) is 0.583. The minimum Gasteiger partial charge on any atom is -0.303 e. The minimum absolute atomic E-state index is 0.185. The number of thioether (sulfide) groups is 1. The van der Waals surface area contributed by atoms with Gasteiger partial charge in [0.1, 0.15) is 6.29 Å². The van der Waals surface area contributed by atoms with Gasteiger partial charge in [-0.2, -0.15) is 0 Å². The molecule has 0 saturated carbocycles. The van der Waals surface area contributed by atoms with Crippen molar-refractivity contribution in [3.63, 3.8) is 0 Å². The second-order valence-electron chi connectivity index (χ2n) is 2.51. The van der Waals surface area contributed by atoms with Crippen LogP contribution in [0, 0.1) is 5.92 Å². The standard InChI is InChI=1S/C8H12OS/c1-2-3-8-7(6-9)4-5-10-8/h4-8H,2-3H2,1H3. The van der Waals surface area contributed by atoms with E-state index in [9.17, 15) is 4.79 Å². The largest absolute Gasteiger partial charge is 0.303 e. The predicted molar refractivity (Wildman–Crippen MR) is 45.0 cm³/mol. The number of rotatable bonds is 3. The highest BCUT2D eigenvalue weighted by Gasteiger charge is 2.21. The third kappa shape index (κ3) is 1.63. The maximum atomic E-state index is 10.4. The molecule has 2 unspecified atom stereocenters. The number of hydrogen-bond donors (Lipinski definition) is 0. The first-order valence-corrected chi connectivity index (χ1v) is 4.60. The summed E-state index contributed by atoms with van der Waals surface area (Å²) in [5.41, 5.74) is 0. The highest BCUT2D eigenvalue weighted by atomic mass is 32.2. The Labute approximate surface area is 65.9 Å². The lowest BCUT2D eigenvalue weighted by molar-refractivity contribution is -0.109. The first-order chi connectivity index (χ1) is 4.88. The fourth-order valence-electron chi connectivity index (χ4n) is 1.13. The summed E-state index contributed by atoms with van der Waals surface area (Å²) in [4.78, 5) is 10.4. The summed E-state index contributed by atoms with van der Waals surface area (Å²) in [7, 11) is 0. The molecule has 0 aromatic rings. The third-order valence-corrected chi connectivity index (χ3v) is 2.93. The number of allylic oxidation sites excluding steroid dienone is 1. The van der Waals surface area contributed by atoms with Crippen LogP contribution in [0.4, 0.5) is 0 Å². The molecule has 1 nitrogen and oxygen atoms in total. The molecule has 0 radical (unpaired) electrons. The molecule has 0 N–H and O–H groups in total. The Hall–Kier alpha value is -0.240. The maximum Gasteiger partial charge on any atom is 0.127 e. The van der Waals surface area contributed by atoms with Crippen molar-refractivity contribution in [1.82, 2.24) is 0 Å². The van der Waals surface area contributed by atoms with Gasteiger partial charge < -0.3 is 4.79 Å². The van der Waals surface area contributed by atoms with Gasteiger partial charge in [0.2, 0.25) is 0 Å². The summed E-state index contributed by atoms with van der Waals surface area (Å²) in [5.74, 6) is 0.185. The van der Waals surface area contributed by atoms with E-state index < -0.39 is 0 Å². The van der Waals surface area contributed by atoms with Crippen LogP contribution >= 0.6 is 11.8 Å². The Morgan fingerprint density at radius 1 is 1.70 bits per heavy atom. The van der Waals surface area contributed by atoms with Crippen molar-refractivity contribution in [1.29, 1.82) is 0 Å². The monoisotopic (exact) mass is 156 g/mol. The zero-order valence-corrected chi connectivity index (χ0v) is 6.93. The highest BCUT2D eigenvalue weighted by Crippen LogP contribution is 2.31. The van der Waals surface area contributed by atoms with Gasteiger partial charge in [-0.15, -0.1) is 11.8 Å². The molecule has 10 heavy (non-hydrogen) atoms. The van der Waals surface area contributed by atoms with E-state index in [4.69, 9.17) is 0 Å². The number of hydrogen-bond acceptors (Lipinski definition) is 2. The van der Waals surface area contributed by atoms with Crippen molar-refractivity contribution in [2.75, 3.05) is 0 Å². The van der Waals surface area contributed by atoms with E-state index in [1.165, 1.54) is 6.42 Å². The molecule has 1 aliphatic heterocycles. The van der Waals surface area contributed by atoms with E-state index in [0.29, 0.717) is 5.25 Å². The zero-order valence-electron chi connectivity index (χ0n) is 6.12. The van der Waals surface area contributed by atoms with Crippen molar-refractivity contribution in [2.45, 2.75) is 25.0 Å². The molecule has 0 bridgehead atoms. The van der Waals surface area contributed by atoms with Crippen molar-refractivity contribution >= 4 is 18.0 Å². The molecule has 2 atom stereocenters. The number of carbonyl (C=O) groups excluding carboxylic acids is 1. The van der Waals surface area contributed by atoms with Crippen molar-refractivity contribution in [3.8, 4) is 0 Å². The van der Waals surface area contributed by atoms with E-state index in [2.05, 4.69) is 6.92 Å². The van der Waals surface area contributed by atoms with Crippen LogP contribution in [0.3, 0.4) is 0 Å². The van der Waals surface area contributed by atoms with E-state index in [1.807, 2.05) is 11.5 Å². The van der Waals surface area contributed by atoms with Crippen LogP contribution in [0.5, 0.6) is 0 Å².